The van der Waals surface area contributed by atoms with Crippen molar-refractivity contribution in [1.82, 2.24) is 0 Å². The lowest BCUT2D eigenvalue weighted by Crippen LogP contribution is -2.28. The van der Waals surface area contributed by atoms with Crippen LogP contribution in [-0.4, -0.2) is 12.8 Å². The highest BCUT2D eigenvalue weighted by Crippen LogP contribution is 2.38. The molecule has 1 nitrogen and oxygen atoms in total. The first-order chi connectivity index (χ1) is 5.43. The molecule has 12 heavy (non-hydrogen) atoms. The average Bonchev–Trinajstić information content (AvgIpc) is 1.92. The van der Waals surface area contributed by atoms with Gasteiger partial charge in [-0.1, -0.05) is 0 Å². The van der Waals surface area contributed by atoms with Gasteiger partial charge < -0.3 is 4.74 Å². The van der Waals surface area contributed by atoms with E-state index in [0.717, 1.165) is 0 Å². The molecule has 0 saturated carbocycles. The second-order valence-corrected chi connectivity index (χ2v) is 2.97. The van der Waals surface area contributed by atoms with E-state index < -0.39 is 12.1 Å². The van der Waals surface area contributed by atoms with Gasteiger partial charge in [0.25, 0.3) is 0 Å². The van der Waals surface area contributed by atoms with Crippen molar-refractivity contribution in [2.75, 3.05) is 6.61 Å². The van der Waals surface area contributed by atoms with Crippen LogP contribution in [-0.2, 0) is 4.74 Å². The highest BCUT2D eigenvalue weighted by Gasteiger charge is 2.42. The Morgan fingerprint density at radius 1 is 1.33 bits per heavy atom. The molecule has 1 unspecified atom stereocenters. The Labute approximate surface area is 69.2 Å². The number of halogens is 3. The Bertz CT molecular complexity index is 205. The van der Waals surface area contributed by atoms with Gasteiger partial charge >= 0.3 is 6.18 Å². The zero-order valence-electron chi connectivity index (χ0n) is 7.03. The predicted octanol–water partition coefficient (Wildman–Crippen LogP) is 2.88. The molecule has 0 fully saturated rings. The van der Waals surface area contributed by atoms with Crippen LogP contribution in [0.5, 0.6) is 0 Å². The van der Waals surface area contributed by atoms with Crippen LogP contribution in [0.3, 0.4) is 0 Å². The topological polar surface area (TPSA) is 9.23 Å². The summed E-state index contributed by atoms with van der Waals surface area (Å²) in [5, 5.41) is 0. The normalized spacial score (nSPS) is 25.6. The first-order valence-electron chi connectivity index (χ1n) is 3.80. The number of rotatable bonds is 0. The number of alkyl halides is 3. The fraction of sp³-hybridized carbons (Fsp3) is 0.750. The van der Waals surface area contributed by atoms with Crippen molar-refractivity contribution in [1.29, 1.82) is 0 Å². The minimum Gasteiger partial charge on any atom is -0.498 e. The Balaban J connectivity index is 2.86. The molecule has 1 rings (SSSR count). The van der Waals surface area contributed by atoms with Crippen LogP contribution >= 0.6 is 0 Å². The highest BCUT2D eigenvalue weighted by atomic mass is 19.4. The third kappa shape index (κ3) is 1.73. The van der Waals surface area contributed by atoms with Crippen molar-refractivity contribution < 1.29 is 17.9 Å². The van der Waals surface area contributed by atoms with Gasteiger partial charge in [-0.3, -0.25) is 0 Å². The predicted molar refractivity (Wildman–Crippen MR) is 38.5 cm³/mol. The lowest BCUT2D eigenvalue weighted by molar-refractivity contribution is -0.171. The molecular weight excluding hydrogens is 169 g/mol. The van der Waals surface area contributed by atoms with Crippen LogP contribution < -0.4 is 0 Å². The number of hydrogen-bond donors (Lipinski definition) is 0. The summed E-state index contributed by atoms with van der Waals surface area (Å²) in [7, 11) is 0. The third-order valence-corrected chi connectivity index (χ3v) is 2.20. The summed E-state index contributed by atoms with van der Waals surface area (Å²) in [6.45, 7) is 3.23. The molecule has 0 N–H and O–H groups in total. The summed E-state index contributed by atoms with van der Waals surface area (Å²) in [4.78, 5) is 0. The monoisotopic (exact) mass is 180 g/mol. The van der Waals surface area contributed by atoms with Gasteiger partial charge in [-0.25, -0.2) is 0 Å². The molecule has 1 heterocycles. The van der Waals surface area contributed by atoms with E-state index in [1.54, 1.807) is 6.92 Å². The Kier molecular flexibility index (Phi) is 2.35. The summed E-state index contributed by atoms with van der Waals surface area (Å²) in [5.74, 6) is -0.880. The van der Waals surface area contributed by atoms with Crippen molar-refractivity contribution in [2.45, 2.75) is 26.4 Å². The minimum absolute atomic E-state index is 0.0483. The molecule has 0 saturated heterocycles. The molecule has 0 radical (unpaired) electrons. The van der Waals surface area contributed by atoms with Crippen molar-refractivity contribution in [3.8, 4) is 0 Å². The van der Waals surface area contributed by atoms with Crippen LogP contribution in [0.25, 0.3) is 0 Å². The molecular formula is C8H11F3O. The molecule has 4 heteroatoms. The number of allylic oxidation sites excluding steroid dienone is 2. The quantitative estimate of drug-likeness (QED) is 0.557. The average molecular weight is 180 g/mol. The van der Waals surface area contributed by atoms with Gasteiger partial charge in [0.15, 0.2) is 0 Å². The van der Waals surface area contributed by atoms with E-state index >= 15 is 0 Å². The summed E-state index contributed by atoms with van der Waals surface area (Å²) < 4.78 is 41.8. The lowest BCUT2D eigenvalue weighted by atomic mass is 9.94. The van der Waals surface area contributed by atoms with Gasteiger partial charge in [0.05, 0.1) is 18.3 Å². The van der Waals surface area contributed by atoms with Crippen LogP contribution in [0.1, 0.15) is 20.3 Å². The standard InChI is InChI=1S/C8H11F3O/c1-5-6(2)12-4-3-7(5)8(9,10)11/h7H,3-4H2,1-2H3. The molecule has 0 aliphatic carbocycles. The fourth-order valence-electron chi connectivity index (χ4n) is 1.31. The van der Waals surface area contributed by atoms with Crippen molar-refractivity contribution >= 4 is 0 Å². The molecule has 0 spiro atoms. The summed E-state index contributed by atoms with van der Waals surface area (Å²) in [5.41, 5.74) is 0.314. The highest BCUT2D eigenvalue weighted by molar-refractivity contribution is 5.12. The SMILES string of the molecule is CC1=C(C)C(C(F)(F)F)CCO1. The van der Waals surface area contributed by atoms with Crippen molar-refractivity contribution in [3.05, 3.63) is 11.3 Å². The van der Waals surface area contributed by atoms with E-state index in [-0.39, 0.29) is 13.0 Å². The first-order valence-corrected chi connectivity index (χ1v) is 3.80. The molecule has 70 valence electrons. The second kappa shape index (κ2) is 2.99. The van der Waals surface area contributed by atoms with Crippen LogP contribution in [0.2, 0.25) is 0 Å². The first kappa shape index (κ1) is 9.42. The third-order valence-electron chi connectivity index (χ3n) is 2.20. The molecule has 1 atom stereocenters. The Morgan fingerprint density at radius 3 is 2.33 bits per heavy atom. The van der Waals surface area contributed by atoms with Gasteiger partial charge in [0.1, 0.15) is 0 Å². The van der Waals surface area contributed by atoms with Gasteiger partial charge in [-0.15, -0.1) is 0 Å². The molecule has 0 amide bonds. The van der Waals surface area contributed by atoms with E-state index in [1.807, 2.05) is 0 Å². The zero-order valence-corrected chi connectivity index (χ0v) is 7.03. The molecule has 1 aliphatic rings. The van der Waals surface area contributed by atoms with E-state index in [4.69, 9.17) is 4.74 Å². The Hall–Kier alpha value is -0.670. The van der Waals surface area contributed by atoms with Gasteiger partial charge in [0, 0.05) is 0 Å². The molecule has 0 aromatic heterocycles. The second-order valence-electron chi connectivity index (χ2n) is 2.97. The van der Waals surface area contributed by atoms with Gasteiger partial charge in [-0.05, 0) is 25.8 Å². The summed E-state index contributed by atoms with van der Waals surface area (Å²) in [6.07, 6.45) is -4.07. The van der Waals surface area contributed by atoms with Crippen molar-refractivity contribution in [2.24, 2.45) is 5.92 Å². The smallest absolute Gasteiger partial charge is 0.395 e. The van der Waals surface area contributed by atoms with Gasteiger partial charge in [-0.2, -0.15) is 13.2 Å². The van der Waals surface area contributed by atoms with E-state index in [0.29, 0.717) is 11.3 Å². The molecule has 0 aromatic carbocycles. The fourth-order valence-corrected chi connectivity index (χ4v) is 1.31. The van der Waals surface area contributed by atoms with E-state index in [1.165, 1.54) is 6.92 Å². The molecule has 1 aliphatic heterocycles. The maximum absolute atomic E-state index is 12.3. The van der Waals surface area contributed by atoms with Crippen molar-refractivity contribution in [3.63, 3.8) is 0 Å². The summed E-state index contributed by atoms with van der Waals surface area (Å²) >= 11 is 0. The largest absolute Gasteiger partial charge is 0.498 e. The number of hydrogen-bond acceptors (Lipinski definition) is 1. The van der Waals surface area contributed by atoms with Crippen LogP contribution in [0.15, 0.2) is 11.3 Å². The van der Waals surface area contributed by atoms with E-state index in [2.05, 4.69) is 0 Å². The molecule has 0 bridgehead atoms. The Morgan fingerprint density at radius 2 is 1.92 bits per heavy atom. The maximum atomic E-state index is 12.3. The van der Waals surface area contributed by atoms with Crippen LogP contribution in [0, 0.1) is 5.92 Å². The lowest BCUT2D eigenvalue weighted by Gasteiger charge is -2.27. The summed E-state index contributed by atoms with van der Waals surface area (Å²) in [6, 6.07) is 0. The zero-order chi connectivity index (χ0) is 9.35. The van der Waals surface area contributed by atoms with Crippen LogP contribution in [0.4, 0.5) is 13.2 Å². The maximum Gasteiger partial charge on any atom is 0.395 e. The minimum atomic E-state index is -4.12. The molecule has 0 aromatic rings. The van der Waals surface area contributed by atoms with E-state index in [9.17, 15) is 13.2 Å². The number of ether oxygens (including phenoxy) is 1. The van der Waals surface area contributed by atoms with Gasteiger partial charge in [0.2, 0.25) is 0 Å².